The molecule has 0 amide bonds. The molecule has 2 N–H and O–H groups in total. The minimum atomic E-state index is 0.601. The van der Waals surface area contributed by atoms with E-state index in [1.165, 1.54) is 35.7 Å². The molecule has 0 bridgehead atoms. The number of fused-ring (bicyclic) bond motifs is 1. The summed E-state index contributed by atoms with van der Waals surface area (Å²) in [5.74, 6) is 2.86. The number of pyridine rings is 1. The molecule has 178 valence electrons. The monoisotopic (exact) mass is 501 g/mol. The van der Waals surface area contributed by atoms with Crippen LogP contribution in [0.4, 0.5) is 5.69 Å². The number of thiophene rings is 1. The Bertz CT molecular complexity index is 1160. The Kier molecular flexibility index (Phi) is 9.35. The van der Waals surface area contributed by atoms with Crippen LogP contribution in [-0.4, -0.2) is 25.3 Å². The Morgan fingerprint density at radius 3 is 2.58 bits per heavy atom. The first-order valence-corrected chi connectivity index (χ1v) is 14.6. The third kappa shape index (κ3) is 5.44. The SMILES string of the molecule is CC.CC.CCCCSc1sc2nc(-c3nccs3)cc(-c3cnc(C4CC4)n3C)c2c1N. The summed E-state index contributed by atoms with van der Waals surface area (Å²) in [6, 6.07) is 2.14. The van der Waals surface area contributed by atoms with Crippen molar-refractivity contribution in [2.24, 2.45) is 7.05 Å². The van der Waals surface area contributed by atoms with Crippen LogP contribution in [0.15, 0.2) is 28.0 Å². The first-order chi connectivity index (χ1) is 16.2. The topological polar surface area (TPSA) is 69.6 Å². The molecule has 33 heavy (non-hydrogen) atoms. The maximum absolute atomic E-state index is 6.66. The minimum Gasteiger partial charge on any atom is -0.397 e. The number of thioether (sulfide) groups is 1. The number of anilines is 1. The van der Waals surface area contributed by atoms with Gasteiger partial charge in [-0.25, -0.2) is 15.0 Å². The molecule has 1 aliphatic carbocycles. The molecule has 1 saturated carbocycles. The van der Waals surface area contributed by atoms with Gasteiger partial charge < -0.3 is 10.3 Å². The highest BCUT2D eigenvalue weighted by molar-refractivity contribution is 8.01. The molecule has 5 nitrogen and oxygen atoms in total. The van der Waals surface area contributed by atoms with Crippen LogP contribution in [-0.2, 0) is 7.05 Å². The van der Waals surface area contributed by atoms with E-state index in [-0.39, 0.29) is 0 Å². The molecule has 0 saturated heterocycles. The number of rotatable bonds is 7. The number of hydrogen-bond acceptors (Lipinski definition) is 7. The lowest BCUT2D eigenvalue weighted by molar-refractivity contribution is 0.805. The van der Waals surface area contributed by atoms with E-state index in [1.54, 1.807) is 22.7 Å². The first kappa shape index (κ1) is 25.7. The Morgan fingerprint density at radius 2 is 1.94 bits per heavy atom. The van der Waals surface area contributed by atoms with E-state index in [0.717, 1.165) is 43.6 Å². The van der Waals surface area contributed by atoms with Gasteiger partial charge in [-0.3, -0.25) is 0 Å². The van der Waals surface area contributed by atoms with Gasteiger partial charge in [0.15, 0.2) is 0 Å². The number of nitrogen functional groups attached to an aromatic ring is 1. The van der Waals surface area contributed by atoms with Crippen molar-refractivity contribution >= 4 is 50.3 Å². The van der Waals surface area contributed by atoms with Gasteiger partial charge >= 0.3 is 0 Å². The summed E-state index contributed by atoms with van der Waals surface area (Å²) in [7, 11) is 2.12. The molecule has 4 aromatic heterocycles. The molecule has 1 fully saturated rings. The van der Waals surface area contributed by atoms with E-state index in [4.69, 9.17) is 15.7 Å². The predicted octanol–water partition coefficient (Wildman–Crippen LogP) is 8.22. The second kappa shape index (κ2) is 12.0. The van der Waals surface area contributed by atoms with E-state index >= 15 is 0 Å². The number of aromatic nitrogens is 4. The second-order valence-corrected chi connectivity index (χ2v) is 10.7. The van der Waals surface area contributed by atoms with E-state index in [1.807, 2.05) is 57.2 Å². The maximum atomic E-state index is 6.66. The summed E-state index contributed by atoms with van der Waals surface area (Å²) in [4.78, 5) is 15.1. The van der Waals surface area contributed by atoms with Gasteiger partial charge in [-0.15, -0.1) is 34.4 Å². The molecular formula is C25H35N5S3. The van der Waals surface area contributed by atoms with Crippen molar-refractivity contribution in [1.82, 2.24) is 19.5 Å². The highest BCUT2D eigenvalue weighted by atomic mass is 32.2. The fourth-order valence-electron chi connectivity index (χ4n) is 3.57. The van der Waals surface area contributed by atoms with Crippen molar-refractivity contribution in [3.63, 3.8) is 0 Å². The highest BCUT2D eigenvalue weighted by Crippen LogP contribution is 2.46. The molecule has 5 rings (SSSR count). The Hall–Kier alpha value is -1.90. The van der Waals surface area contributed by atoms with Gasteiger partial charge in [0.05, 0.1) is 21.8 Å². The standard InChI is InChI=1S/C21H23N5S3.2C2H6/c1-3-4-8-28-21-17(22)16-13(15-11-24-18(26(15)2)12-5-6-12)10-14(25-20(16)29-21)19-23-7-9-27-19;2*1-2/h7,9-12H,3-6,8,22H2,1-2H3;2*1-2H3. The van der Waals surface area contributed by atoms with Gasteiger partial charge in [0, 0.05) is 35.5 Å². The molecule has 8 heteroatoms. The van der Waals surface area contributed by atoms with Crippen LogP contribution in [0.2, 0.25) is 0 Å². The van der Waals surface area contributed by atoms with Gasteiger partial charge in [0.2, 0.25) is 0 Å². The van der Waals surface area contributed by atoms with Crippen LogP contribution >= 0.6 is 34.4 Å². The summed E-state index contributed by atoms with van der Waals surface area (Å²) in [5.41, 5.74) is 10.6. The number of thiazole rings is 1. The van der Waals surface area contributed by atoms with E-state index in [0.29, 0.717) is 5.92 Å². The molecule has 1 aliphatic rings. The second-order valence-electron chi connectivity index (χ2n) is 7.41. The smallest absolute Gasteiger partial charge is 0.141 e. The zero-order valence-corrected chi connectivity index (χ0v) is 23.0. The predicted molar refractivity (Wildman–Crippen MR) is 148 cm³/mol. The van der Waals surface area contributed by atoms with Crippen LogP contribution in [0.3, 0.4) is 0 Å². The van der Waals surface area contributed by atoms with Crippen molar-refractivity contribution in [3.05, 3.63) is 29.7 Å². The summed E-state index contributed by atoms with van der Waals surface area (Å²) in [6.45, 7) is 10.2. The largest absolute Gasteiger partial charge is 0.397 e. The Balaban J connectivity index is 0.000000728. The first-order valence-electron chi connectivity index (χ1n) is 11.9. The van der Waals surface area contributed by atoms with Crippen LogP contribution in [0, 0.1) is 0 Å². The van der Waals surface area contributed by atoms with Crippen molar-refractivity contribution in [3.8, 4) is 22.0 Å². The number of imidazole rings is 1. The van der Waals surface area contributed by atoms with Crippen LogP contribution in [0.1, 0.15) is 72.0 Å². The highest BCUT2D eigenvalue weighted by Gasteiger charge is 2.29. The minimum absolute atomic E-state index is 0.601. The average Bonchev–Trinajstić information content (AvgIpc) is 3.25. The average molecular weight is 502 g/mol. The molecule has 0 aliphatic heterocycles. The number of nitrogens with zero attached hydrogens (tertiary/aromatic N) is 4. The van der Waals surface area contributed by atoms with Gasteiger partial charge in [-0.05, 0) is 31.1 Å². The fourth-order valence-corrected chi connectivity index (χ4v) is 6.62. The molecule has 4 aromatic rings. The molecular weight excluding hydrogens is 467 g/mol. The Labute approximate surface area is 209 Å². The fraction of sp³-hybridized carbons (Fsp3) is 0.480. The Morgan fingerprint density at radius 1 is 1.18 bits per heavy atom. The molecule has 0 unspecified atom stereocenters. The van der Waals surface area contributed by atoms with Crippen molar-refractivity contribution in [2.45, 2.75) is 70.4 Å². The zero-order valence-electron chi connectivity index (χ0n) is 20.5. The van der Waals surface area contributed by atoms with E-state index < -0.39 is 0 Å². The molecule has 4 heterocycles. The van der Waals surface area contributed by atoms with Gasteiger partial charge in [0.1, 0.15) is 21.4 Å². The van der Waals surface area contributed by atoms with Gasteiger partial charge in [-0.2, -0.15) is 0 Å². The summed E-state index contributed by atoms with van der Waals surface area (Å²) in [6.07, 6.45) is 8.67. The van der Waals surface area contributed by atoms with Crippen molar-refractivity contribution in [2.75, 3.05) is 11.5 Å². The molecule has 0 atom stereocenters. The molecule has 0 spiro atoms. The quantitative estimate of drug-likeness (QED) is 0.204. The van der Waals surface area contributed by atoms with Crippen LogP contribution in [0.5, 0.6) is 0 Å². The zero-order chi connectivity index (χ0) is 24.0. The molecule has 0 aromatic carbocycles. The lowest BCUT2D eigenvalue weighted by atomic mass is 10.1. The lowest BCUT2D eigenvalue weighted by Crippen LogP contribution is -1.99. The number of unbranched alkanes of at least 4 members (excludes halogenated alkanes) is 1. The third-order valence-electron chi connectivity index (χ3n) is 5.29. The maximum Gasteiger partial charge on any atom is 0.141 e. The van der Waals surface area contributed by atoms with Gasteiger partial charge in [0.25, 0.3) is 0 Å². The van der Waals surface area contributed by atoms with Crippen LogP contribution < -0.4 is 5.73 Å². The van der Waals surface area contributed by atoms with Crippen molar-refractivity contribution < 1.29 is 0 Å². The van der Waals surface area contributed by atoms with Gasteiger partial charge in [-0.1, -0.05) is 41.0 Å². The van der Waals surface area contributed by atoms with E-state index in [2.05, 4.69) is 29.6 Å². The van der Waals surface area contributed by atoms with E-state index in [9.17, 15) is 0 Å². The van der Waals surface area contributed by atoms with Crippen molar-refractivity contribution in [1.29, 1.82) is 0 Å². The third-order valence-corrected chi connectivity index (χ3v) is 8.56. The normalized spacial score (nSPS) is 12.8. The number of nitrogens with two attached hydrogens (primary N) is 1. The summed E-state index contributed by atoms with van der Waals surface area (Å²) >= 11 is 5.16. The van der Waals surface area contributed by atoms with Crippen LogP contribution in [0.25, 0.3) is 32.2 Å². The lowest BCUT2D eigenvalue weighted by Gasteiger charge is -2.09. The number of hydrogen-bond donors (Lipinski definition) is 1. The molecule has 0 radical (unpaired) electrons. The summed E-state index contributed by atoms with van der Waals surface area (Å²) in [5, 5.41) is 3.98. The summed E-state index contributed by atoms with van der Waals surface area (Å²) < 4.78 is 3.40.